The maximum absolute atomic E-state index is 12.8. The highest BCUT2D eigenvalue weighted by atomic mass is 32.2. The third-order valence-corrected chi connectivity index (χ3v) is 5.72. The zero-order valence-corrected chi connectivity index (χ0v) is 15.4. The van der Waals surface area contributed by atoms with Gasteiger partial charge in [-0.25, -0.2) is 0 Å². The van der Waals surface area contributed by atoms with E-state index in [4.69, 9.17) is 4.18 Å². The topological polar surface area (TPSA) is 43.4 Å². The first-order valence-corrected chi connectivity index (χ1v) is 10.1. The molecule has 3 aromatic rings. The van der Waals surface area contributed by atoms with Gasteiger partial charge in [0.1, 0.15) is 10.7 Å². The zero-order chi connectivity index (χ0) is 18.7. The molecule has 0 aliphatic carbocycles. The molecule has 0 amide bonds. The molecule has 1 aliphatic rings. The number of benzene rings is 3. The van der Waals surface area contributed by atoms with Gasteiger partial charge in [-0.1, -0.05) is 91.0 Å². The molecule has 0 radical (unpaired) electrons. The Bertz CT molecular complexity index is 1100. The minimum atomic E-state index is -3.88. The van der Waals surface area contributed by atoms with Crippen LogP contribution in [0.2, 0.25) is 0 Å². The second-order valence-electron chi connectivity index (χ2n) is 6.28. The van der Waals surface area contributed by atoms with Crippen LogP contribution in [-0.4, -0.2) is 8.42 Å². The lowest BCUT2D eigenvalue weighted by molar-refractivity contribution is 0.408. The second kappa shape index (κ2) is 7.25. The predicted octanol–water partition coefficient (Wildman–Crippen LogP) is 5.04. The first-order valence-electron chi connectivity index (χ1n) is 8.67. The molecule has 0 aromatic heterocycles. The van der Waals surface area contributed by atoms with E-state index in [0.29, 0.717) is 17.7 Å². The van der Waals surface area contributed by atoms with Gasteiger partial charge in [0.25, 0.3) is 0 Å². The Kier molecular flexibility index (Phi) is 4.65. The van der Waals surface area contributed by atoms with E-state index in [2.05, 4.69) is 0 Å². The Hall–Kier alpha value is -3.11. The van der Waals surface area contributed by atoms with E-state index in [1.54, 1.807) is 18.2 Å². The fourth-order valence-electron chi connectivity index (χ4n) is 3.10. The SMILES string of the molecule is O=S1(=O)OC(Cc2ccccc2)=C(c2ccccc2)C=C1c1ccccc1. The molecule has 27 heavy (non-hydrogen) atoms. The van der Waals surface area contributed by atoms with Gasteiger partial charge >= 0.3 is 10.1 Å². The normalized spacial score (nSPS) is 15.8. The maximum atomic E-state index is 12.8. The molecule has 0 atom stereocenters. The molecule has 4 heteroatoms. The molecule has 1 aliphatic heterocycles. The smallest absolute Gasteiger partial charge is 0.339 e. The quantitative estimate of drug-likeness (QED) is 0.601. The van der Waals surface area contributed by atoms with E-state index < -0.39 is 10.1 Å². The average molecular weight is 374 g/mol. The molecule has 0 spiro atoms. The van der Waals surface area contributed by atoms with Crippen LogP contribution >= 0.6 is 0 Å². The van der Waals surface area contributed by atoms with Crippen LogP contribution in [0.4, 0.5) is 0 Å². The van der Waals surface area contributed by atoms with Crippen LogP contribution in [0, 0.1) is 0 Å². The number of allylic oxidation sites excluding steroid dienone is 3. The largest absolute Gasteiger partial charge is 0.382 e. The van der Waals surface area contributed by atoms with Crippen molar-refractivity contribution in [2.45, 2.75) is 6.42 Å². The third kappa shape index (κ3) is 3.71. The van der Waals surface area contributed by atoms with Gasteiger partial charge in [0.15, 0.2) is 0 Å². The van der Waals surface area contributed by atoms with Crippen molar-refractivity contribution in [3.05, 3.63) is 120 Å². The van der Waals surface area contributed by atoms with Gasteiger partial charge in [-0.05, 0) is 22.8 Å². The van der Waals surface area contributed by atoms with Gasteiger partial charge in [-0.2, -0.15) is 8.42 Å². The Morgan fingerprint density at radius 3 is 1.78 bits per heavy atom. The molecule has 4 rings (SSSR count). The van der Waals surface area contributed by atoms with Crippen LogP contribution in [0.5, 0.6) is 0 Å². The minimum Gasteiger partial charge on any atom is -0.382 e. The van der Waals surface area contributed by atoms with Crippen LogP contribution in [0.3, 0.4) is 0 Å². The summed E-state index contributed by atoms with van der Waals surface area (Å²) in [6, 6.07) is 28.5. The monoisotopic (exact) mass is 374 g/mol. The van der Waals surface area contributed by atoms with Crippen molar-refractivity contribution in [2.24, 2.45) is 0 Å². The summed E-state index contributed by atoms with van der Waals surface area (Å²) in [6.45, 7) is 0. The van der Waals surface area contributed by atoms with Gasteiger partial charge in [-0.3, -0.25) is 0 Å². The highest BCUT2D eigenvalue weighted by molar-refractivity contribution is 7.96. The van der Waals surface area contributed by atoms with Crippen molar-refractivity contribution in [3.8, 4) is 0 Å². The van der Waals surface area contributed by atoms with E-state index in [1.807, 2.05) is 78.9 Å². The number of hydrogen-bond acceptors (Lipinski definition) is 3. The molecular formula is C23H18O3S. The lowest BCUT2D eigenvalue weighted by Gasteiger charge is -2.22. The van der Waals surface area contributed by atoms with Gasteiger partial charge in [0.05, 0.1) is 0 Å². The molecule has 0 fully saturated rings. The fraction of sp³-hybridized carbons (Fsp3) is 0.0435. The summed E-state index contributed by atoms with van der Waals surface area (Å²) in [5.41, 5.74) is 3.32. The molecule has 0 bridgehead atoms. The van der Waals surface area contributed by atoms with Crippen molar-refractivity contribution >= 4 is 20.6 Å². The molecule has 0 saturated carbocycles. The summed E-state index contributed by atoms with van der Waals surface area (Å²) in [4.78, 5) is 0.179. The molecule has 3 nitrogen and oxygen atoms in total. The van der Waals surface area contributed by atoms with E-state index in [1.165, 1.54) is 0 Å². The van der Waals surface area contributed by atoms with Crippen LogP contribution in [0.15, 0.2) is 103 Å². The Morgan fingerprint density at radius 1 is 0.667 bits per heavy atom. The molecule has 0 unspecified atom stereocenters. The summed E-state index contributed by atoms with van der Waals surface area (Å²) in [5, 5.41) is 0. The van der Waals surface area contributed by atoms with E-state index in [0.717, 1.165) is 16.7 Å². The summed E-state index contributed by atoms with van der Waals surface area (Å²) in [5.74, 6) is 0.437. The van der Waals surface area contributed by atoms with Crippen LogP contribution in [-0.2, 0) is 20.7 Å². The van der Waals surface area contributed by atoms with Crippen molar-refractivity contribution in [1.29, 1.82) is 0 Å². The van der Waals surface area contributed by atoms with Gasteiger partial charge in [0.2, 0.25) is 0 Å². The Balaban J connectivity index is 1.88. The van der Waals surface area contributed by atoms with Gasteiger partial charge in [-0.15, -0.1) is 0 Å². The van der Waals surface area contributed by atoms with Crippen LogP contribution < -0.4 is 0 Å². The summed E-state index contributed by atoms with van der Waals surface area (Å²) in [6.07, 6.45) is 2.13. The first kappa shape index (κ1) is 17.3. The molecular weight excluding hydrogens is 356 g/mol. The van der Waals surface area contributed by atoms with E-state index in [9.17, 15) is 8.42 Å². The summed E-state index contributed by atoms with van der Waals surface area (Å²) >= 11 is 0. The Labute approximate surface area is 159 Å². The number of hydrogen-bond donors (Lipinski definition) is 0. The average Bonchev–Trinajstić information content (AvgIpc) is 2.70. The number of rotatable bonds is 4. The van der Waals surface area contributed by atoms with Crippen LogP contribution in [0.1, 0.15) is 16.7 Å². The highest BCUT2D eigenvalue weighted by Crippen LogP contribution is 2.37. The molecule has 134 valence electrons. The van der Waals surface area contributed by atoms with Crippen molar-refractivity contribution in [3.63, 3.8) is 0 Å². The minimum absolute atomic E-state index is 0.179. The van der Waals surface area contributed by atoms with Gasteiger partial charge in [0, 0.05) is 12.0 Å². The molecule has 0 N–H and O–H groups in total. The zero-order valence-electron chi connectivity index (χ0n) is 14.6. The molecule has 0 saturated heterocycles. The second-order valence-corrected chi connectivity index (χ2v) is 7.79. The van der Waals surface area contributed by atoms with E-state index in [-0.39, 0.29) is 4.91 Å². The van der Waals surface area contributed by atoms with E-state index >= 15 is 0 Å². The lowest BCUT2D eigenvalue weighted by Crippen LogP contribution is -2.15. The first-order chi connectivity index (χ1) is 13.1. The molecule has 1 heterocycles. The molecule has 3 aromatic carbocycles. The van der Waals surface area contributed by atoms with Gasteiger partial charge < -0.3 is 4.18 Å². The van der Waals surface area contributed by atoms with Crippen LogP contribution in [0.25, 0.3) is 10.5 Å². The fourth-order valence-corrected chi connectivity index (χ4v) is 4.29. The lowest BCUT2D eigenvalue weighted by atomic mass is 9.99. The Morgan fingerprint density at radius 2 is 1.19 bits per heavy atom. The van der Waals surface area contributed by atoms with Crippen molar-refractivity contribution < 1.29 is 12.6 Å². The third-order valence-electron chi connectivity index (χ3n) is 4.41. The summed E-state index contributed by atoms with van der Waals surface area (Å²) in [7, 11) is -3.88. The maximum Gasteiger partial charge on any atom is 0.339 e. The standard InChI is InChI=1S/C23H18O3S/c24-27(25)23(20-14-8-3-9-15-20)17-21(19-12-6-2-7-13-19)22(26-27)16-18-10-4-1-5-11-18/h1-15,17H,16H2. The highest BCUT2D eigenvalue weighted by Gasteiger charge is 2.30. The predicted molar refractivity (Wildman–Crippen MR) is 108 cm³/mol. The van der Waals surface area contributed by atoms with Crippen molar-refractivity contribution in [2.75, 3.05) is 0 Å². The van der Waals surface area contributed by atoms with Crippen molar-refractivity contribution in [1.82, 2.24) is 0 Å². The summed E-state index contributed by atoms with van der Waals surface area (Å²) < 4.78 is 31.3.